The monoisotopic (exact) mass is 486 g/mol. The summed E-state index contributed by atoms with van der Waals surface area (Å²) < 4.78 is 33.6. The average Bonchev–Trinajstić information content (AvgIpc) is 3.22. The quantitative estimate of drug-likeness (QED) is 0.497. The van der Waals surface area contributed by atoms with Crippen LogP contribution < -0.4 is 5.56 Å². The molecule has 2 heterocycles. The molecule has 10 heteroatoms. The Kier molecular flexibility index (Phi) is 7.10. The van der Waals surface area contributed by atoms with E-state index in [4.69, 9.17) is 11.2 Å². The molecule has 0 aliphatic heterocycles. The van der Waals surface area contributed by atoms with Crippen molar-refractivity contribution in [3.63, 3.8) is 0 Å². The highest BCUT2D eigenvalue weighted by molar-refractivity contribution is 7.89. The zero-order valence-electron chi connectivity index (χ0n) is 20.0. The van der Waals surface area contributed by atoms with Gasteiger partial charge in [-0.2, -0.15) is 4.31 Å². The smallest absolute Gasteiger partial charge is 0.410 e. The van der Waals surface area contributed by atoms with Crippen molar-refractivity contribution in [2.45, 2.75) is 51.2 Å². The van der Waals surface area contributed by atoms with Gasteiger partial charge >= 0.3 is 6.09 Å². The first-order chi connectivity index (χ1) is 15.8. The molecule has 3 aromatic rings. The Bertz CT molecular complexity index is 1410. The molecule has 0 saturated heterocycles. The molecule has 0 atom stereocenters. The molecule has 3 rings (SSSR count). The van der Waals surface area contributed by atoms with E-state index < -0.39 is 21.7 Å². The van der Waals surface area contributed by atoms with Crippen molar-refractivity contribution in [2.75, 3.05) is 19.6 Å². The third-order valence-corrected chi connectivity index (χ3v) is 7.09. The maximum Gasteiger partial charge on any atom is 0.410 e. The van der Waals surface area contributed by atoms with Gasteiger partial charge in [-0.15, -0.1) is 6.42 Å². The summed E-state index contributed by atoms with van der Waals surface area (Å²) in [6.45, 7) is 8.91. The molecule has 34 heavy (non-hydrogen) atoms. The molecule has 0 fully saturated rings. The molecule has 1 amide bonds. The van der Waals surface area contributed by atoms with Crippen LogP contribution in [0, 0.1) is 12.3 Å². The van der Waals surface area contributed by atoms with Crippen LogP contribution in [-0.2, 0) is 14.8 Å². The number of nitrogens with one attached hydrogen (secondary N) is 2. The lowest BCUT2D eigenvalue weighted by molar-refractivity contribution is 0.0185. The Balaban J connectivity index is 1.93. The molecule has 0 bridgehead atoms. The van der Waals surface area contributed by atoms with Gasteiger partial charge in [-0.25, -0.2) is 13.2 Å². The van der Waals surface area contributed by atoms with Crippen molar-refractivity contribution in [2.24, 2.45) is 0 Å². The normalized spacial score (nSPS) is 12.4. The summed E-state index contributed by atoms with van der Waals surface area (Å²) in [4.78, 5) is 32.0. The molecule has 0 radical (unpaired) electrons. The first-order valence-electron chi connectivity index (χ1n) is 10.9. The average molecular weight is 487 g/mol. The molecule has 0 aliphatic rings. The number of H-pyrrole nitrogens is 2. The number of amides is 1. The summed E-state index contributed by atoms with van der Waals surface area (Å²) in [7, 11) is -3.99. The Morgan fingerprint density at radius 1 is 1.18 bits per heavy atom. The molecular weight excluding hydrogens is 456 g/mol. The number of rotatable bonds is 7. The highest BCUT2D eigenvalue weighted by Gasteiger charge is 2.28. The summed E-state index contributed by atoms with van der Waals surface area (Å²) in [6, 6.07) is 6.04. The van der Waals surface area contributed by atoms with Crippen LogP contribution in [0.5, 0.6) is 0 Å². The summed E-state index contributed by atoms with van der Waals surface area (Å²) in [5.74, 6) is 2.39. The predicted octanol–water partition coefficient (Wildman–Crippen LogP) is 3.28. The van der Waals surface area contributed by atoms with E-state index in [9.17, 15) is 18.0 Å². The van der Waals surface area contributed by atoms with E-state index in [1.165, 1.54) is 17.0 Å². The topological polar surface area (TPSA) is 116 Å². The fourth-order valence-electron chi connectivity index (χ4n) is 3.62. The fraction of sp³-hybridized carbons (Fsp3) is 0.417. The van der Waals surface area contributed by atoms with Crippen molar-refractivity contribution >= 4 is 37.9 Å². The van der Waals surface area contributed by atoms with Gasteiger partial charge in [-0.3, -0.25) is 4.79 Å². The lowest BCUT2D eigenvalue weighted by Crippen LogP contribution is -2.46. The Labute approximate surface area is 199 Å². The van der Waals surface area contributed by atoms with Gasteiger partial charge < -0.3 is 19.6 Å². The molecule has 0 saturated carbocycles. The highest BCUT2D eigenvalue weighted by Crippen LogP contribution is 2.25. The van der Waals surface area contributed by atoms with E-state index in [0.29, 0.717) is 21.8 Å². The fourth-order valence-corrected chi connectivity index (χ4v) is 4.99. The molecule has 0 spiro atoms. The number of nitrogens with zero attached hydrogens (tertiary/aromatic N) is 2. The van der Waals surface area contributed by atoms with Crippen LogP contribution in [0.1, 0.15) is 34.6 Å². The summed E-state index contributed by atoms with van der Waals surface area (Å²) >= 11 is 0. The van der Waals surface area contributed by atoms with E-state index in [-0.39, 0.29) is 36.1 Å². The highest BCUT2D eigenvalue weighted by atomic mass is 32.2. The van der Waals surface area contributed by atoms with Crippen LogP contribution in [0.3, 0.4) is 0 Å². The number of benzene rings is 1. The number of hydrogen-bond donors (Lipinski definition) is 2. The zero-order chi connectivity index (χ0) is 25.3. The minimum Gasteiger partial charge on any atom is -0.444 e. The number of hydrogen-bond acceptors (Lipinski definition) is 5. The number of pyridine rings is 1. The number of aromatic amines is 2. The lowest BCUT2D eigenvalue weighted by Gasteiger charge is -2.31. The maximum atomic E-state index is 13.5. The van der Waals surface area contributed by atoms with Gasteiger partial charge in [0.15, 0.2) is 0 Å². The van der Waals surface area contributed by atoms with Gasteiger partial charge in [-0.1, -0.05) is 5.92 Å². The molecular formula is C24H30N4O5S. The minimum absolute atomic E-state index is 0.00676. The van der Waals surface area contributed by atoms with Gasteiger partial charge in [-0.05, 0) is 58.9 Å². The molecule has 182 valence electrons. The van der Waals surface area contributed by atoms with Crippen molar-refractivity contribution < 1.29 is 17.9 Å². The van der Waals surface area contributed by atoms with Crippen LogP contribution in [0.2, 0.25) is 0 Å². The van der Waals surface area contributed by atoms with Gasteiger partial charge in [0.2, 0.25) is 10.0 Å². The molecule has 9 nitrogen and oxygen atoms in total. The van der Waals surface area contributed by atoms with Crippen LogP contribution in [0.15, 0.2) is 40.2 Å². The Morgan fingerprint density at radius 3 is 2.50 bits per heavy atom. The van der Waals surface area contributed by atoms with Crippen LogP contribution in [0.25, 0.3) is 21.8 Å². The summed E-state index contributed by atoms with van der Waals surface area (Å²) in [6.07, 6.45) is 6.58. The lowest BCUT2D eigenvalue weighted by atomic mass is 10.1. The number of ether oxygens (including phenoxy) is 1. The second-order valence-electron chi connectivity index (χ2n) is 9.24. The Hall–Kier alpha value is -3.29. The van der Waals surface area contributed by atoms with E-state index in [1.54, 1.807) is 39.1 Å². The van der Waals surface area contributed by atoms with E-state index in [1.807, 2.05) is 13.8 Å². The predicted molar refractivity (Wildman–Crippen MR) is 132 cm³/mol. The number of aromatic nitrogens is 2. The van der Waals surface area contributed by atoms with Gasteiger partial charge in [0.25, 0.3) is 5.56 Å². The van der Waals surface area contributed by atoms with Gasteiger partial charge in [0, 0.05) is 41.6 Å². The second-order valence-corrected chi connectivity index (χ2v) is 11.2. The molecule has 0 unspecified atom stereocenters. The van der Waals surface area contributed by atoms with E-state index >= 15 is 0 Å². The minimum atomic E-state index is -3.99. The van der Waals surface area contributed by atoms with E-state index in [2.05, 4.69) is 15.9 Å². The van der Waals surface area contributed by atoms with Crippen LogP contribution in [-0.4, -0.2) is 65.0 Å². The summed E-state index contributed by atoms with van der Waals surface area (Å²) in [5.41, 5.74) is -0.0688. The third kappa shape index (κ3) is 5.26. The number of sulfonamides is 1. The van der Waals surface area contributed by atoms with E-state index in [0.717, 1.165) is 4.31 Å². The van der Waals surface area contributed by atoms with Crippen molar-refractivity contribution in [1.82, 2.24) is 19.2 Å². The van der Waals surface area contributed by atoms with Crippen molar-refractivity contribution in [3.05, 3.63) is 40.8 Å². The second kappa shape index (κ2) is 9.52. The van der Waals surface area contributed by atoms with Crippen molar-refractivity contribution in [1.29, 1.82) is 0 Å². The largest absolute Gasteiger partial charge is 0.444 e. The number of carbonyl (C=O) groups excluding carboxylic acids is 1. The van der Waals surface area contributed by atoms with Gasteiger partial charge in [0.1, 0.15) is 11.1 Å². The van der Waals surface area contributed by atoms with Crippen molar-refractivity contribution in [3.8, 4) is 12.3 Å². The Morgan fingerprint density at radius 2 is 1.88 bits per heavy atom. The standard InChI is InChI=1S/C24H30N4O5S/c1-7-12-27(13-14-28(16(2)3)23(30)33-24(4,5)6)34(31,32)17-8-9-20-19(15-17)18-10-11-25-21(18)22(29)26-20/h1,8-11,15-16,25H,12-14H2,2-6H3,(H,26,29). The molecule has 1 aromatic carbocycles. The molecule has 2 aromatic heterocycles. The number of carbonyl (C=O) groups is 1. The molecule has 2 N–H and O–H groups in total. The summed E-state index contributed by atoms with van der Waals surface area (Å²) in [5, 5.41) is 1.21. The van der Waals surface area contributed by atoms with Crippen LogP contribution >= 0.6 is 0 Å². The number of fused-ring (bicyclic) bond motifs is 3. The molecule has 0 aliphatic carbocycles. The first kappa shape index (κ1) is 25.3. The third-order valence-electron chi connectivity index (χ3n) is 5.25. The number of terminal acetylenes is 1. The SMILES string of the molecule is C#CCN(CCN(C(=O)OC(C)(C)C)C(C)C)S(=O)(=O)c1ccc2[nH]c(=O)c3[nH]ccc3c2c1. The van der Waals surface area contributed by atoms with Gasteiger partial charge in [0.05, 0.1) is 11.4 Å². The maximum absolute atomic E-state index is 13.5. The zero-order valence-corrected chi connectivity index (χ0v) is 20.8. The first-order valence-corrected chi connectivity index (χ1v) is 12.4. The van der Waals surface area contributed by atoms with Crippen LogP contribution in [0.4, 0.5) is 4.79 Å².